The fourth-order valence-electron chi connectivity index (χ4n) is 1.69. The van der Waals surface area contributed by atoms with Crippen LogP contribution in [0.25, 0.3) is 5.82 Å². The topological polar surface area (TPSA) is 63.1 Å². The van der Waals surface area contributed by atoms with Crippen LogP contribution in [-0.4, -0.2) is 52.5 Å². The summed E-state index contributed by atoms with van der Waals surface area (Å²) in [5.41, 5.74) is 0.623. The molecule has 0 bridgehead atoms. The Morgan fingerprint density at radius 3 is 2.76 bits per heavy atom. The van der Waals surface area contributed by atoms with Crippen molar-refractivity contribution in [3.63, 3.8) is 0 Å². The second-order valence-corrected chi connectivity index (χ2v) is 4.20. The lowest BCUT2D eigenvalue weighted by molar-refractivity contribution is 0.0796. The molecule has 0 aliphatic heterocycles. The Morgan fingerprint density at radius 2 is 2.14 bits per heavy atom. The van der Waals surface area contributed by atoms with Crippen LogP contribution in [-0.2, 0) is 0 Å². The largest absolute Gasteiger partial charge is 0.340 e. The van der Waals surface area contributed by atoms with Crippen molar-refractivity contribution in [1.29, 1.82) is 0 Å². The summed E-state index contributed by atoms with van der Waals surface area (Å²) in [5.74, 6) is 0.671. The molecule has 0 aliphatic carbocycles. The smallest absolute Gasteiger partial charge is 0.253 e. The van der Waals surface area contributed by atoms with Crippen molar-refractivity contribution >= 4 is 30.7 Å². The minimum Gasteiger partial charge on any atom is -0.340 e. The van der Waals surface area contributed by atoms with Crippen molar-refractivity contribution in [2.45, 2.75) is 0 Å². The average molecular weight is 332 g/mol. The van der Waals surface area contributed by atoms with Crippen molar-refractivity contribution in [2.75, 3.05) is 27.2 Å². The molecule has 0 radical (unpaired) electrons. The Hall–Kier alpha value is -1.63. The first kappa shape index (κ1) is 19.4. The van der Waals surface area contributed by atoms with E-state index in [2.05, 4.69) is 15.3 Å². The monoisotopic (exact) mass is 331 g/mol. The van der Waals surface area contributed by atoms with Gasteiger partial charge in [0.1, 0.15) is 12.1 Å². The summed E-state index contributed by atoms with van der Waals surface area (Å²) >= 11 is 0. The van der Waals surface area contributed by atoms with E-state index in [1.165, 1.54) is 0 Å². The summed E-state index contributed by atoms with van der Waals surface area (Å²) in [6.45, 7) is 1.43. The number of amides is 1. The molecule has 0 fully saturated rings. The van der Waals surface area contributed by atoms with E-state index in [-0.39, 0.29) is 30.7 Å². The molecular weight excluding hydrogens is 313 g/mol. The van der Waals surface area contributed by atoms with Crippen molar-refractivity contribution < 1.29 is 4.79 Å². The third-order valence-electron chi connectivity index (χ3n) is 2.81. The highest BCUT2D eigenvalue weighted by molar-refractivity contribution is 5.94. The number of likely N-dealkylation sites (N-methyl/N-ethyl adjacent to an activating group) is 2. The zero-order valence-corrected chi connectivity index (χ0v) is 13.5. The van der Waals surface area contributed by atoms with Crippen LogP contribution < -0.4 is 5.32 Å². The molecule has 6 nitrogen and oxygen atoms in total. The number of aromatic nitrogens is 3. The second kappa shape index (κ2) is 9.33. The molecule has 21 heavy (non-hydrogen) atoms. The molecule has 2 rings (SSSR count). The summed E-state index contributed by atoms with van der Waals surface area (Å²) in [5, 5.41) is 3.02. The van der Waals surface area contributed by atoms with Gasteiger partial charge in [-0.15, -0.1) is 24.8 Å². The SMILES string of the molecule is CNCCN(C)C(=O)c1ccnc(-n2ccnc2)c1.Cl.Cl. The first-order valence-electron chi connectivity index (χ1n) is 6.07. The summed E-state index contributed by atoms with van der Waals surface area (Å²) in [6.07, 6.45) is 6.76. The number of imidazole rings is 1. The fourth-order valence-corrected chi connectivity index (χ4v) is 1.69. The highest BCUT2D eigenvalue weighted by Crippen LogP contribution is 2.08. The van der Waals surface area contributed by atoms with E-state index in [9.17, 15) is 4.79 Å². The van der Waals surface area contributed by atoms with Gasteiger partial charge in [0, 0.05) is 44.3 Å². The lowest BCUT2D eigenvalue weighted by Crippen LogP contribution is -2.32. The number of hydrogen-bond donors (Lipinski definition) is 1. The highest BCUT2D eigenvalue weighted by atomic mass is 35.5. The van der Waals surface area contributed by atoms with Gasteiger partial charge >= 0.3 is 0 Å². The summed E-state index contributed by atoms with van der Waals surface area (Å²) in [4.78, 5) is 22.1. The minimum atomic E-state index is -0.0148. The molecular formula is C13H19Cl2N5O. The number of nitrogens with one attached hydrogen (secondary N) is 1. The number of pyridine rings is 1. The number of nitrogens with zero attached hydrogens (tertiary/aromatic N) is 4. The van der Waals surface area contributed by atoms with Gasteiger partial charge in [-0.3, -0.25) is 9.36 Å². The Labute approximate surface area is 136 Å². The van der Waals surface area contributed by atoms with E-state index in [4.69, 9.17) is 0 Å². The second-order valence-electron chi connectivity index (χ2n) is 4.20. The molecule has 0 unspecified atom stereocenters. The van der Waals surface area contributed by atoms with Crippen LogP contribution in [0, 0.1) is 0 Å². The molecule has 0 aliphatic rings. The number of rotatable bonds is 5. The predicted octanol–water partition coefficient (Wildman–Crippen LogP) is 1.40. The highest BCUT2D eigenvalue weighted by Gasteiger charge is 2.12. The first-order chi connectivity index (χ1) is 9.22. The normalized spacial score (nSPS) is 9.43. The summed E-state index contributed by atoms with van der Waals surface area (Å²) in [6, 6.07) is 3.48. The quantitative estimate of drug-likeness (QED) is 0.899. The van der Waals surface area contributed by atoms with Crippen LogP contribution in [0.5, 0.6) is 0 Å². The summed E-state index contributed by atoms with van der Waals surface area (Å²) in [7, 11) is 3.65. The van der Waals surface area contributed by atoms with E-state index < -0.39 is 0 Å². The lowest BCUT2D eigenvalue weighted by Gasteiger charge is -2.17. The Balaban J connectivity index is 0.00000200. The minimum absolute atomic E-state index is 0. The van der Waals surface area contributed by atoms with Gasteiger partial charge in [-0.2, -0.15) is 0 Å². The van der Waals surface area contributed by atoms with E-state index in [0.29, 0.717) is 17.9 Å². The molecule has 0 aromatic carbocycles. The maximum atomic E-state index is 12.2. The van der Waals surface area contributed by atoms with E-state index >= 15 is 0 Å². The van der Waals surface area contributed by atoms with Crippen molar-refractivity contribution in [3.05, 3.63) is 42.6 Å². The number of carbonyl (C=O) groups excluding carboxylic acids is 1. The number of hydrogen-bond acceptors (Lipinski definition) is 4. The molecule has 0 atom stereocenters. The third kappa shape index (κ3) is 5.00. The molecule has 0 saturated carbocycles. The van der Waals surface area contributed by atoms with Gasteiger partial charge < -0.3 is 10.2 Å². The maximum absolute atomic E-state index is 12.2. The van der Waals surface area contributed by atoms with E-state index in [1.54, 1.807) is 53.6 Å². The van der Waals surface area contributed by atoms with Crippen LogP contribution >= 0.6 is 24.8 Å². The Morgan fingerprint density at radius 1 is 1.38 bits per heavy atom. The van der Waals surface area contributed by atoms with Crippen molar-refractivity contribution in [2.24, 2.45) is 0 Å². The van der Waals surface area contributed by atoms with Gasteiger partial charge in [-0.05, 0) is 19.2 Å². The molecule has 2 aromatic heterocycles. The van der Waals surface area contributed by atoms with Gasteiger partial charge in [0.15, 0.2) is 0 Å². The molecule has 1 N–H and O–H groups in total. The molecule has 2 heterocycles. The van der Waals surface area contributed by atoms with Gasteiger partial charge in [0.05, 0.1) is 0 Å². The molecule has 1 amide bonds. The Kier molecular flexibility index (Phi) is 8.61. The maximum Gasteiger partial charge on any atom is 0.253 e. The fraction of sp³-hybridized carbons (Fsp3) is 0.308. The molecule has 116 valence electrons. The predicted molar refractivity (Wildman–Crippen MR) is 86.7 cm³/mol. The van der Waals surface area contributed by atoms with Crippen LogP contribution in [0.15, 0.2) is 37.1 Å². The third-order valence-corrected chi connectivity index (χ3v) is 2.81. The zero-order chi connectivity index (χ0) is 13.7. The van der Waals surface area contributed by atoms with Crippen LogP contribution in [0.2, 0.25) is 0 Å². The standard InChI is InChI=1S/C13H17N5O.2ClH/c1-14-5-7-17(2)13(19)11-3-4-16-12(9-11)18-8-6-15-10-18;;/h3-4,6,8-10,14H,5,7H2,1-2H3;2*1H. The van der Waals surface area contributed by atoms with Crippen LogP contribution in [0.4, 0.5) is 0 Å². The summed E-state index contributed by atoms with van der Waals surface area (Å²) < 4.78 is 1.77. The van der Waals surface area contributed by atoms with Crippen LogP contribution in [0.1, 0.15) is 10.4 Å². The average Bonchev–Trinajstić information content (AvgIpc) is 2.98. The van der Waals surface area contributed by atoms with Gasteiger partial charge in [0.2, 0.25) is 0 Å². The van der Waals surface area contributed by atoms with Crippen LogP contribution in [0.3, 0.4) is 0 Å². The Bertz CT molecular complexity index is 547. The first-order valence-corrected chi connectivity index (χ1v) is 6.07. The van der Waals surface area contributed by atoms with Crippen molar-refractivity contribution in [1.82, 2.24) is 24.8 Å². The molecule has 2 aromatic rings. The van der Waals surface area contributed by atoms with Crippen molar-refractivity contribution in [3.8, 4) is 5.82 Å². The van der Waals surface area contributed by atoms with E-state index in [1.807, 2.05) is 7.05 Å². The van der Waals surface area contributed by atoms with Gasteiger partial charge in [0.25, 0.3) is 5.91 Å². The molecule has 0 spiro atoms. The van der Waals surface area contributed by atoms with Gasteiger partial charge in [-0.1, -0.05) is 0 Å². The zero-order valence-electron chi connectivity index (χ0n) is 11.9. The lowest BCUT2D eigenvalue weighted by atomic mass is 10.2. The molecule has 0 saturated heterocycles. The van der Waals surface area contributed by atoms with Gasteiger partial charge in [-0.25, -0.2) is 9.97 Å². The molecule has 8 heteroatoms. The number of halogens is 2. The van der Waals surface area contributed by atoms with E-state index in [0.717, 1.165) is 6.54 Å². The number of carbonyl (C=O) groups is 1.